The Morgan fingerprint density at radius 3 is 2.71 bits per heavy atom. The predicted molar refractivity (Wildman–Crippen MR) is 86.9 cm³/mol. The summed E-state index contributed by atoms with van der Waals surface area (Å²) >= 11 is 3.29. The first-order valence-corrected chi connectivity index (χ1v) is 9.22. The summed E-state index contributed by atoms with van der Waals surface area (Å²) in [6, 6.07) is 3.06. The lowest BCUT2D eigenvalue weighted by molar-refractivity contribution is 0.390. The number of hydrogen-bond acceptors (Lipinski definition) is 4. The number of hydrogen-bond donors (Lipinski definition) is 1. The predicted octanol–water partition coefficient (Wildman–Crippen LogP) is 2.85. The highest BCUT2D eigenvalue weighted by Gasteiger charge is 2.30. The lowest BCUT2D eigenvalue weighted by atomic mass is 10.0. The van der Waals surface area contributed by atoms with Crippen LogP contribution in [0.5, 0.6) is 5.75 Å². The van der Waals surface area contributed by atoms with Crippen molar-refractivity contribution in [3.63, 3.8) is 0 Å². The second-order valence-electron chi connectivity index (χ2n) is 5.46. The Labute approximate surface area is 134 Å². The highest BCUT2D eigenvalue weighted by molar-refractivity contribution is 9.10. The van der Waals surface area contributed by atoms with Crippen LogP contribution in [-0.4, -0.2) is 32.9 Å². The van der Waals surface area contributed by atoms with Crippen LogP contribution in [0.15, 0.2) is 21.5 Å². The number of anilines is 1. The Hall–Kier alpha value is -0.790. The topological polar surface area (TPSA) is 72.6 Å². The van der Waals surface area contributed by atoms with Gasteiger partial charge in [-0.05, 0) is 53.2 Å². The van der Waals surface area contributed by atoms with Crippen molar-refractivity contribution in [3.8, 4) is 5.75 Å². The number of nitrogens with zero attached hydrogens (tertiary/aromatic N) is 1. The highest BCUT2D eigenvalue weighted by Crippen LogP contribution is 2.34. The molecule has 1 aliphatic rings. The van der Waals surface area contributed by atoms with Crippen LogP contribution < -0.4 is 10.5 Å². The minimum Gasteiger partial charge on any atom is -0.495 e. The van der Waals surface area contributed by atoms with Crippen LogP contribution >= 0.6 is 15.9 Å². The van der Waals surface area contributed by atoms with Crippen molar-refractivity contribution in [2.45, 2.75) is 31.1 Å². The van der Waals surface area contributed by atoms with Gasteiger partial charge in [0.15, 0.2) is 0 Å². The molecule has 1 saturated heterocycles. The molecule has 2 N–H and O–H groups in total. The molecule has 5 nitrogen and oxygen atoms in total. The minimum absolute atomic E-state index is 0.139. The standard InChI is InChI=1S/C14H21BrN2O3S/c1-10-4-3-6-17(7-5-10)21(18,19)14-9-12(16)11(15)8-13(14)20-2/h8-10H,3-7,16H2,1-2H3. The van der Waals surface area contributed by atoms with Crippen molar-refractivity contribution in [2.24, 2.45) is 5.92 Å². The fourth-order valence-electron chi connectivity index (χ4n) is 2.53. The molecule has 1 heterocycles. The van der Waals surface area contributed by atoms with Crippen LogP contribution in [0.2, 0.25) is 0 Å². The van der Waals surface area contributed by atoms with Crippen LogP contribution in [0.25, 0.3) is 0 Å². The molecule has 0 bridgehead atoms. The summed E-state index contributed by atoms with van der Waals surface area (Å²) < 4.78 is 33.1. The first-order chi connectivity index (χ1) is 9.86. The van der Waals surface area contributed by atoms with Crippen molar-refractivity contribution >= 4 is 31.6 Å². The van der Waals surface area contributed by atoms with Gasteiger partial charge >= 0.3 is 0 Å². The lowest BCUT2D eigenvalue weighted by Gasteiger charge is -2.22. The maximum atomic E-state index is 12.9. The average Bonchev–Trinajstić information content (AvgIpc) is 2.66. The van der Waals surface area contributed by atoms with Crippen LogP contribution in [0, 0.1) is 5.92 Å². The van der Waals surface area contributed by atoms with E-state index in [1.54, 1.807) is 10.4 Å². The molecule has 7 heteroatoms. The fraction of sp³-hybridized carbons (Fsp3) is 0.571. The summed E-state index contributed by atoms with van der Waals surface area (Å²) in [5.41, 5.74) is 6.22. The Morgan fingerprint density at radius 2 is 2.05 bits per heavy atom. The Bertz CT molecular complexity index is 619. The van der Waals surface area contributed by atoms with Crippen molar-refractivity contribution in [1.29, 1.82) is 0 Å². The van der Waals surface area contributed by atoms with Gasteiger partial charge in [-0.25, -0.2) is 8.42 Å². The number of halogens is 1. The summed E-state index contributed by atoms with van der Waals surface area (Å²) in [6.45, 7) is 3.25. The first kappa shape index (κ1) is 16.6. The SMILES string of the molecule is COc1cc(Br)c(N)cc1S(=O)(=O)N1CCCC(C)CC1. The smallest absolute Gasteiger partial charge is 0.246 e. The monoisotopic (exact) mass is 376 g/mol. The number of nitrogens with two attached hydrogens (primary N) is 1. The number of rotatable bonds is 3. The molecule has 0 radical (unpaired) electrons. The largest absolute Gasteiger partial charge is 0.495 e. The molecular formula is C14H21BrN2O3S. The third-order valence-electron chi connectivity index (χ3n) is 3.88. The number of benzene rings is 1. The molecule has 0 saturated carbocycles. The Balaban J connectivity index is 2.41. The second kappa shape index (κ2) is 6.54. The van der Waals surface area contributed by atoms with Gasteiger partial charge in [-0.15, -0.1) is 0 Å². The first-order valence-electron chi connectivity index (χ1n) is 6.99. The van der Waals surface area contributed by atoms with Crippen molar-refractivity contribution in [2.75, 3.05) is 25.9 Å². The molecule has 2 rings (SSSR count). The van der Waals surface area contributed by atoms with Crippen LogP contribution in [-0.2, 0) is 10.0 Å². The zero-order valence-corrected chi connectivity index (χ0v) is 14.7. The Morgan fingerprint density at radius 1 is 1.33 bits per heavy atom. The average molecular weight is 377 g/mol. The zero-order valence-electron chi connectivity index (χ0n) is 12.3. The second-order valence-corrected chi connectivity index (χ2v) is 8.23. The van der Waals surface area contributed by atoms with Crippen LogP contribution in [0.1, 0.15) is 26.2 Å². The molecular weight excluding hydrogens is 356 g/mol. The number of nitrogen functional groups attached to an aromatic ring is 1. The summed E-state index contributed by atoms with van der Waals surface area (Å²) in [5.74, 6) is 0.871. The summed E-state index contributed by atoms with van der Waals surface area (Å²) in [7, 11) is -2.12. The van der Waals surface area contributed by atoms with E-state index in [0.29, 0.717) is 34.9 Å². The minimum atomic E-state index is -3.58. The fourth-order valence-corrected chi connectivity index (χ4v) is 4.52. The number of methoxy groups -OCH3 is 1. The maximum absolute atomic E-state index is 12.9. The van der Waals surface area contributed by atoms with Gasteiger partial charge in [-0.3, -0.25) is 0 Å². The van der Waals surface area contributed by atoms with Crippen molar-refractivity contribution in [3.05, 3.63) is 16.6 Å². The van der Waals surface area contributed by atoms with E-state index in [-0.39, 0.29) is 4.90 Å². The molecule has 1 atom stereocenters. The molecule has 0 aromatic heterocycles. The molecule has 21 heavy (non-hydrogen) atoms. The third-order valence-corrected chi connectivity index (χ3v) is 6.48. The summed E-state index contributed by atoms with van der Waals surface area (Å²) in [6.07, 6.45) is 2.83. The number of ether oxygens (including phenoxy) is 1. The number of sulfonamides is 1. The van der Waals surface area contributed by atoms with Gasteiger partial charge in [-0.1, -0.05) is 6.92 Å². The van der Waals surface area contributed by atoms with E-state index in [9.17, 15) is 8.42 Å². The van der Waals surface area contributed by atoms with E-state index >= 15 is 0 Å². The normalized spacial score (nSPS) is 21.0. The molecule has 0 spiro atoms. The van der Waals surface area contributed by atoms with Crippen LogP contribution in [0.3, 0.4) is 0 Å². The summed E-state index contributed by atoms with van der Waals surface area (Å²) in [4.78, 5) is 0.139. The molecule has 0 aliphatic carbocycles. The quantitative estimate of drug-likeness (QED) is 0.823. The zero-order chi connectivity index (χ0) is 15.6. The van der Waals surface area contributed by atoms with E-state index in [1.165, 1.54) is 13.2 Å². The molecule has 1 fully saturated rings. The third kappa shape index (κ3) is 3.52. The van der Waals surface area contributed by atoms with E-state index < -0.39 is 10.0 Å². The molecule has 1 unspecified atom stereocenters. The van der Waals surface area contributed by atoms with E-state index in [2.05, 4.69) is 22.9 Å². The molecule has 118 valence electrons. The maximum Gasteiger partial charge on any atom is 0.246 e. The van der Waals surface area contributed by atoms with Gasteiger partial charge in [-0.2, -0.15) is 4.31 Å². The van der Waals surface area contributed by atoms with E-state index in [4.69, 9.17) is 10.5 Å². The Kier molecular flexibility index (Phi) is 5.16. The van der Waals surface area contributed by atoms with Crippen molar-refractivity contribution in [1.82, 2.24) is 4.31 Å². The molecule has 1 aromatic carbocycles. The summed E-state index contributed by atoms with van der Waals surface area (Å²) in [5, 5.41) is 0. The van der Waals surface area contributed by atoms with Gasteiger partial charge in [0.05, 0.1) is 7.11 Å². The molecule has 0 amide bonds. The van der Waals surface area contributed by atoms with Crippen molar-refractivity contribution < 1.29 is 13.2 Å². The lowest BCUT2D eigenvalue weighted by Crippen LogP contribution is -2.32. The van der Waals surface area contributed by atoms with Gasteiger partial charge in [0.25, 0.3) is 0 Å². The van der Waals surface area contributed by atoms with Gasteiger partial charge < -0.3 is 10.5 Å². The van der Waals surface area contributed by atoms with E-state index in [1.807, 2.05) is 0 Å². The van der Waals surface area contributed by atoms with Gasteiger partial charge in [0.1, 0.15) is 10.6 Å². The van der Waals surface area contributed by atoms with Gasteiger partial charge in [0, 0.05) is 23.2 Å². The van der Waals surface area contributed by atoms with Gasteiger partial charge in [0.2, 0.25) is 10.0 Å². The molecule has 1 aliphatic heterocycles. The van der Waals surface area contributed by atoms with E-state index in [0.717, 1.165) is 19.3 Å². The highest BCUT2D eigenvalue weighted by atomic mass is 79.9. The molecule has 1 aromatic rings. The van der Waals surface area contributed by atoms with Crippen LogP contribution in [0.4, 0.5) is 5.69 Å².